The second-order valence-electron chi connectivity index (χ2n) is 24.8. The number of quaternary nitrogens is 1. The van der Waals surface area contributed by atoms with Gasteiger partial charge in [0.15, 0.2) is 12.4 Å². The van der Waals surface area contributed by atoms with E-state index in [0.29, 0.717) is 17.4 Å². The van der Waals surface area contributed by atoms with E-state index in [1.165, 1.54) is 199 Å². The van der Waals surface area contributed by atoms with Crippen LogP contribution in [0.3, 0.4) is 0 Å². The van der Waals surface area contributed by atoms with E-state index < -0.39 is 24.3 Å². The van der Waals surface area contributed by atoms with Crippen LogP contribution in [0.15, 0.2) is 97.2 Å². The maximum absolute atomic E-state index is 12.9. The van der Waals surface area contributed by atoms with Gasteiger partial charge in [-0.2, -0.15) is 0 Å². The van der Waals surface area contributed by atoms with Gasteiger partial charge in [0.05, 0.1) is 40.3 Å². The Morgan fingerprint density at radius 1 is 0.365 bits per heavy atom. The first-order valence-corrected chi connectivity index (χ1v) is 35.4. The monoisotopic (exact) mass is 1190 g/mol. The minimum Gasteiger partial charge on any atom is -0.545 e. The number of rotatable bonds is 65. The summed E-state index contributed by atoms with van der Waals surface area (Å²) in [4.78, 5) is 37.5. The van der Waals surface area contributed by atoms with E-state index in [0.717, 1.165) is 77.0 Å². The molecule has 0 aromatic carbocycles. The molecule has 9 heteroatoms. The van der Waals surface area contributed by atoms with Crippen molar-refractivity contribution in [2.24, 2.45) is 0 Å². The lowest BCUT2D eigenvalue weighted by Gasteiger charge is -2.26. The zero-order chi connectivity index (χ0) is 61.9. The highest BCUT2D eigenvalue weighted by Crippen LogP contribution is 2.17. The molecule has 0 spiro atoms. The van der Waals surface area contributed by atoms with Crippen molar-refractivity contribution in [2.75, 3.05) is 47.5 Å². The van der Waals surface area contributed by atoms with Crippen molar-refractivity contribution < 1.29 is 42.9 Å². The number of allylic oxidation sites excluding steroid dienone is 16. The average Bonchev–Trinajstić information content (AvgIpc) is 3.49. The van der Waals surface area contributed by atoms with E-state index in [9.17, 15) is 19.5 Å². The van der Waals surface area contributed by atoms with E-state index in [-0.39, 0.29) is 38.6 Å². The van der Waals surface area contributed by atoms with Gasteiger partial charge in [-0.05, 0) is 96.3 Å². The van der Waals surface area contributed by atoms with Gasteiger partial charge in [-0.3, -0.25) is 9.59 Å². The molecule has 490 valence electrons. The van der Waals surface area contributed by atoms with Gasteiger partial charge < -0.3 is 33.3 Å². The van der Waals surface area contributed by atoms with Crippen LogP contribution in [0, 0.1) is 0 Å². The highest BCUT2D eigenvalue weighted by atomic mass is 16.7. The lowest BCUT2D eigenvalue weighted by Crippen LogP contribution is -2.44. The number of hydrogen-bond acceptors (Lipinski definition) is 8. The number of nitrogens with zero attached hydrogens (tertiary/aromatic N) is 1. The number of carboxylic acid groups (broad SMARTS) is 1. The Labute approximate surface area is 524 Å². The van der Waals surface area contributed by atoms with Crippen LogP contribution in [-0.2, 0) is 33.3 Å². The third kappa shape index (κ3) is 67.6. The van der Waals surface area contributed by atoms with Crippen molar-refractivity contribution in [3.63, 3.8) is 0 Å². The number of carbonyl (C=O) groups excluding carboxylic acids is 3. The first-order chi connectivity index (χ1) is 41.6. The van der Waals surface area contributed by atoms with Crippen molar-refractivity contribution >= 4 is 17.9 Å². The molecule has 0 saturated heterocycles. The number of carbonyl (C=O) groups is 3. The fourth-order valence-corrected chi connectivity index (χ4v) is 9.93. The van der Waals surface area contributed by atoms with E-state index >= 15 is 0 Å². The largest absolute Gasteiger partial charge is 0.545 e. The fraction of sp³-hybridized carbons (Fsp3) is 0.750. The van der Waals surface area contributed by atoms with Crippen LogP contribution in [0.25, 0.3) is 0 Å². The molecule has 0 rings (SSSR count). The summed E-state index contributed by atoms with van der Waals surface area (Å²) in [5, 5.41) is 11.8. The van der Waals surface area contributed by atoms with Gasteiger partial charge in [0, 0.05) is 12.8 Å². The highest BCUT2D eigenvalue weighted by Gasteiger charge is 2.22. The first-order valence-electron chi connectivity index (χ1n) is 35.4. The Morgan fingerprint density at radius 2 is 0.671 bits per heavy atom. The maximum Gasteiger partial charge on any atom is 0.306 e. The van der Waals surface area contributed by atoms with Crippen molar-refractivity contribution in [2.45, 2.75) is 322 Å². The normalized spacial score (nSPS) is 13.3. The standard InChI is InChI=1S/C76H133NO8/c1-6-8-10-12-14-16-18-20-22-24-26-28-29-30-31-32-33-34-35-36-37-38-39-40-41-42-43-44-45-47-49-51-53-55-57-59-61-63-65-67-74(79)85-72(71-84-76(75(80)81)82-69-68-77(3,4)5)70-83-73(78)66-64-62-60-58-56-54-52-50-48-46-27-25-23-21-19-17-15-13-11-9-7-2/h8,10,14,16,20,22,25-28,30-31,33-34,36-37,72,76H,6-7,9,11-13,15,17-19,21,23-24,29,32,35,38-71H2,1-5H3/b10-8-,16-14-,22-20-,27-25-,28-26-,31-30-,34-33-,37-36-. The summed E-state index contributed by atoms with van der Waals surface area (Å²) < 4.78 is 22.8. The van der Waals surface area contributed by atoms with Gasteiger partial charge in [0.25, 0.3) is 0 Å². The predicted molar refractivity (Wildman–Crippen MR) is 361 cm³/mol. The van der Waals surface area contributed by atoms with Gasteiger partial charge in [0.1, 0.15) is 13.2 Å². The van der Waals surface area contributed by atoms with E-state index in [2.05, 4.69) is 111 Å². The summed E-state index contributed by atoms with van der Waals surface area (Å²) >= 11 is 0. The second kappa shape index (κ2) is 66.2. The molecule has 0 aliphatic carbocycles. The predicted octanol–water partition coefficient (Wildman–Crippen LogP) is 20.7. The summed E-state index contributed by atoms with van der Waals surface area (Å²) in [7, 11) is 5.93. The lowest BCUT2D eigenvalue weighted by molar-refractivity contribution is -0.870. The molecule has 2 unspecified atom stereocenters. The van der Waals surface area contributed by atoms with Crippen molar-refractivity contribution in [3.8, 4) is 0 Å². The molecule has 0 saturated carbocycles. The summed E-state index contributed by atoms with van der Waals surface area (Å²) in [6.45, 7) is 4.66. The molecule has 0 N–H and O–H groups in total. The van der Waals surface area contributed by atoms with Gasteiger partial charge in [-0.1, -0.05) is 297 Å². The third-order valence-electron chi connectivity index (χ3n) is 15.3. The van der Waals surface area contributed by atoms with Gasteiger partial charge in [0.2, 0.25) is 0 Å². The van der Waals surface area contributed by atoms with Gasteiger partial charge in [-0.15, -0.1) is 0 Å². The maximum atomic E-state index is 12.9. The van der Waals surface area contributed by atoms with E-state index in [4.69, 9.17) is 18.9 Å². The number of unbranched alkanes of at least 4 members (excludes halogenated alkanes) is 34. The van der Waals surface area contributed by atoms with Crippen LogP contribution in [0.2, 0.25) is 0 Å². The Morgan fingerprint density at radius 3 is 1.01 bits per heavy atom. The number of ether oxygens (including phenoxy) is 4. The molecule has 0 aliphatic heterocycles. The van der Waals surface area contributed by atoms with E-state index in [1.807, 2.05) is 21.1 Å². The first kappa shape index (κ1) is 81.2. The topological polar surface area (TPSA) is 111 Å². The highest BCUT2D eigenvalue weighted by molar-refractivity contribution is 5.70. The summed E-state index contributed by atoms with van der Waals surface area (Å²) in [5.41, 5.74) is 0. The molecule has 0 radical (unpaired) electrons. The molecule has 0 fully saturated rings. The Kier molecular flexibility index (Phi) is 63.2. The average molecular weight is 1190 g/mol. The minimum atomic E-state index is -1.62. The Bertz CT molecular complexity index is 1720. The number of likely N-dealkylation sites (N-methyl/N-ethyl adjacent to an activating group) is 1. The third-order valence-corrected chi connectivity index (χ3v) is 15.3. The van der Waals surface area contributed by atoms with Crippen LogP contribution < -0.4 is 5.11 Å². The molecule has 85 heavy (non-hydrogen) atoms. The fourth-order valence-electron chi connectivity index (χ4n) is 9.93. The van der Waals surface area contributed by atoms with Crippen LogP contribution in [-0.4, -0.2) is 82.3 Å². The zero-order valence-electron chi connectivity index (χ0n) is 56.0. The summed E-state index contributed by atoms with van der Waals surface area (Å²) in [5.74, 6) is -2.27. The smallest absolute Gasteiger partial charge is 0.306 e. The molecule has 0 bridgehead atoms. The number of aliphatic carboxylic acids is 1. The van der Waals surface area contributed by atoms with Crippen LogP contribution >= 0.6 is 0 Å². The zero-order valence-corrected chi connectivity index (χ0v) is 56.0. The van der Waals surface area contributed by atoms with Crippen LogP contribution in [0.1, 0.15) is 309 Å². The van der Waals surface area contributed by atoms with Gasteiger partial charge in [-0.25, -0.2) is 0 Å². The molecular weight excluding hydrogens is 1050 g/mol. The lowest BCUT2D eigenvalue weighted by atomic mass is 10.0. The van der Waals surface area contributed by atoms with Crippen molar-refractivity contribution in [1.82, 2.24) is 0 Å². The minimum absolute atomic E-state index is 0.146. The van der Waals surface area contributed by atoms with Gasteiger partial charge >= 0.3 is 11.9 Å². The molecule has 0 aliphatic rings. The number of hydrogen-bond donors (Lipinski definition) is 0. The molecule has 0 aromatic rings. The van der Waals surface area contributed by atoms with Crippen LogP contribution in [0.5, 0.6) is 0 Å². The number of carboxylic acids is 1. The molecule has 9 nitrogen and oxygen atoms in total. The van der Waals surface area contributed by atoms with Crippen molar-refractivity contribution in [3.05, 3.63) is 97.2 Å². The molecule has 0 amide bonds. The molecule has 2 atom stereocenters. The second-order valence-corrected chi connectivity index (χ2v) is 24.8. The van der Waals surface area contributed by atoms with Crippen molar-refractivity contribution in [1.29, 1.82) is 0 Å². The Balaban J connectivity index is 4.06. The molecule has 0 aromatic heterocycles. The Hall–Kier alpha value is -3.79. The molecule has 0 heterocycles. The number of esters is 2. The quantitative estimate of drug-likeness (QED) is 0.0195. The van der Waals surface area contributed by atoms with Crippen LogP contribution in [0.4, 0.5) is 0 Å². The van der Waals surface area contributed by atoms with E-state index in [1.54, 1.807) is 0 Å². The SMILES string of the molecule is CC/C=C\C/C=C\C/C=C\C/C=C\C/C=C\C/C=C\C/C=C\CCCCCCCCCCCCCCCCCCCC(=O)OC(COC(=O)CCCCCCCCCCC/C=C\CCCCCCCCCC)COC(OCC[N+](C)(C)C)C(=O)[O-]. The molecular formula is C76H133NO8. The summed E-state index contributed by atoms with van der Waals surface area (Å²) in [6.07, 6.45) is 87.8. The summed E-state index contributed by atoms with van der Waals surface area (Å²) in [6, 6.07) is 0.